The van der Waals surface area contributed by atoms with Crippen molar-refractivity contribution in [2.75, 3.05) is 13.7 Å². The first-order chi connectivity index (χ1) is 16.9. The molecule has 0 atom stereocenters. The van der Waals surface area contributed by atoms with Crippen LogP contribution < -0.4 is 19.6 Å². The SMILES string of the molecule is C=CCc1ccc(OCC(=O)N/N=C\c2cccc(OC(=O)c3ccc(Cl)cc3Cl)c2)c(OC)c1. The van der Waals surface area contributed by atoms with Crippen molar-refractivity contribution in [2.24, 2.45) is 5.10 Å². The third-order valence-electron chi connectivity index (χ3n) is 4.59. The number of esters is 1. The number of ether oxygens (including phenoxy) is 3. The molecule has 0 radical (unpaired) electrons. The van der Waals surface area contributed by atoms with Crippen LogP contribution in [0.3, 0.4) is 0 Å². The van der Waals surface area contributed by atoms with E-state index in [2.05, 4.69) is 17.1 Å². The quantitative estimate of drug-likeness (QED) is 0.128. The first-order valence-corrected chi connectivity index (χ1v) is 11.1. The van der Waals surface area contributed by atoms with Crippen LogP contribution in [0.1, 0.15) is 21.5 Å². The van der Waals surface area contributed by atoms with Gasteiger partial charge in [0.05, 0.1) is 23.9 Å². The van der Waals surface area contributed by atoms with Gasteiger partial charge in [-0.3, -0.25) is 4.79 Å². The normalized spacial score (nSPS) is 10.6. The maximum atomic E-state index is 12.4. The van der Waals surface area contributed by atoms with E-state index < -0.39 is 11.9 Å². The largest absolute Gasteiger partial charge is 0.493 e. The van der Waals surface area contributed by atoms with Gasteiger partial charge in [-0.1, -0.05) is 47.5 Å². The van der Waals surface area contributed by atoms with Gasteiger partial charge in [0.2, 0.25) is 0 Å². The molecule has 0 aliphatic heterocycles. The molecule has 0 spiro atoms. The van der Waals surface area contributed by atoms with Crippen LogP contribution in [0.4, 0.5) is 0 Å². The van der Waals surface area contributed by atoms with Crippen molar-refractivity contribution in [1.82, 2.24) is 5.43 Å². The number of amides is 1. The molecular formula is C26H22Cl2N2O5. The molecule has 0 fully saturated rings. The number of rotatable bonds is 10. The Bertz CT molecular complexity index is 1260. The monoisotopic (exact) mass is 512 g/mol. The maximum Gasteiger partial charge on any atom is 0.345 e. The minimum atomic E-state index is -0.626. The van der Waals surface area contributed by atoms with Crippen molar-refractivity contribution in [3.05, 3.63) is 100 Å². The average molecular weight is 513 g/mol. The second-order valence-corrected chi connectivity index (χ2v) is 7.99. The zero-order valence-electron chi connectivity index (χ0n) is 18.8. The Balaban J connectivity index is 1.54. The number of hydrogen-bond acceptors (Lipinski definition) is 6. The highest BCUT2D eigenvalue weighted by Crippen LogP contribution is 2.28. The number of methoxy groups -OCH3 is 1. The summed E-state index contributed by atoms with van der Waals surface area (Å²) < 4.78 is 16.2. The highest BCUT2D eigenvalue weighted by Gasteiger charge is 2.13. The van der Waals surface area contributed by atoms with E-state index in [1.165, 1.54) is 25.5 Å². The van der Waals surface area contributed by atoms with Crippen LogP contribution in [-0.2, 0) is 11.2 Å². The van der Waals surface area contributed by atoms with Crippen molar-refractivity contribution >= 4 is 41.3 Å². The molecule has 0 heterocycles. The fourth-order valence-corrected chi connectivity index (χ4v) is 3.44. The van der Waals surface area contributed by atoms with Crippen molar-refractivity contribution in [1.29, 1.82) is 0 Å². The van der Waals surface area contributed by atoms with Gasteiger partial charge in [0, 0.05) is 5.02 Å². The van der Waals surface area contributed by atoms with Crippen LogP contribution in [0, 0.1) is 0 Å². The lowest BCUT2D eigenvalue weighted by molar-refractivity contribution is -0.123. The molecule has 0 bridgehead atoms. The van der Waals surface area contributed by atoms with Gasteiger partial charge in [0.15, 0.2) is 18.1 Å². The third-order valence-corrected chi connectivity index (χ3v) is 5.14. The second-order valence-electron chi connectivity index (χ2n) is 7.15. The number of carbonyl (C=O) groups is 2. The average Bonchev–Trinajstić information content (AvgIpc) is 2.83. The molecule has 35 heavy (non-hydrogen) atoms. The summed E-state index contributed by atoms with van der Waals surface area (Å²) in [5.74, 6) is 0.158. The van der Waals surface area contributed by atoms with Crippen LogP contribution in [0.5, 0.6) is 17.2 Å². The number of allylic oxidation sites excluding steroid dienone is 1. The zero-order valence-corrected chi connectivity index (χ0v) is 20.3. The number of hydrazone groups is 1. The molecular weight excluding hydrogens is 491 g/mol. The van der Waals surface area contributed by atoms with Crippen molar-refractivity contribution in [3.8, 4) is 17.2 Å². The third kappa shape index (κ3) is 7.60. The van der Waals surface area contributed by atoms with Crippen molar-refractivity contribution in [3.63, 3.8) is 0 Å². The fraction of sp³-hybridized carbons (Fsp3) is 0.115. The van der Waals surface area contributed by atoms with E-state index in [0.717, 1.165) is 5.56 Å². The predicted octanol–water partition coefficient (Wildman–Crippen LogP) is 5.48. The summed E-state index contributed by atoms with van der Waals surface area (Å²) in [5, 5.41) is 4.52. The molecule has 7 nitrogen and oxygen atoms in total. The molecule has 1 amide bonds. The Morgan fingerprint density at radius 1 is 1.06 bits per heavy atom. The molecule has 0 aromatic heterocycles. The van der Waals surface area contributed by atoms with Crippen molar-refractivity contribution < 1.29 is 23.8 Å². The van der Waals surface area contributed by atoms with Gasteiger partial charge in [0.1, 0.15) is 5.75 Å². The number of hydrogen-bond donors (Lipinski definition) is 1. The van der Waals surface area contributed by atoms with Gasteiger partial charge >= 0.3 is 5.97 Å². The summed E-state index contributed by atoms with van der Waals surface area (Å²) in [6.45, 7) is 3.45. The van der Waals surface area contributed by atoms with Crippen LogP contribution in [0.15, 0.2) is 78.4 Å². The van der Waals surface area contributed by atoms with Crippen LogP contribution in [-0.4, -0.2) is 31.8 Å². The van der Waals surface area contributed by atoms with Crippen LogP contribution in [0.2, 0.25) is 10.0 Å². The van der Waals surface area contributed by atoms with Crippen LogP contribution >= 0.6 is 23.2 Å². The standard InChI is InChI=1S/C26H22Cl2N2O5/c1-3-5-17-8-11-23(24(13-17)33-2)34-16-25(31)30-29-15-18-6-4-7-20(12-18)35-26(32)21-10-9-19(27)14-22(21)28/h3-4,6-15H,1,5,16H2,2H3,(H,30,31)/b29-15-. The fourth-order valence-electron chi connectivity index (χ4n) is 2.95. The summed E-state index contributed by atoms with van der Waals surface area (Å²) in [6.07, 6.45) is 3.89. The van der Waals surface area contributed by atoms with Gasteiger partial charge < -0.3 is 14.2 Å². The van der Waals surface area contributed by atoms with Gasteiger partial charge in [-0.15, -0.1) is 6.58 Å². The number of nitrogens with zero attached hydrogens (tertiary/aromatic N) is 1. The first kappa shape index (κ1) is 25.8. The minimum absolute atomic E-state index is 0.189. The summed E-state index contributed by atoms with van der Waals surface area (Å²) in [6, 6.07) is 16.5. The Labute approximate surface area is 212 Å². The highest BCUT2D eigenvalue weighted by molar-refractivity contribution is 6.36. The van der Waals surface area contributed by atoms with Gasteiger partial charge in [-0.2, -0.15) is 5.10 Å². The molecule has 3 aromatic rings. The Morgan fingerprint density at radius 3 is 2.63 bits per heavy atom. The highest BCUT2D eigenvalue weighted by atomic mass is 35.5. The van der Waals surface area contributed by atoms with Gasteiger partial charge in [-0.05, 0) is 60.0 Å². The lowest BCUT2D eigenvalue weighted by Gasteiger charge is -2.11. The Kier molecular flexibility index (Phi) is 9.29. The Morgan fingerprint density at radius 2 is 1.89 bits per heavy atom. The smallest absolute Gasteiger partial charge is 0.345 e. The second kappa shape index (κ2) is 12.6. The van der Waals surface area contributed by atoms with Crippen LogP contribution in [0.25, 0.3) is 0 Å². The maximum absolute atomic E-state index is 12.4. The number of nitrogens with one attached hydrogen (secondary N) is 1. The molecule has 0 saturated heterocycles. The summed E-state index contributed by atoms with van der Waals surface area (Å²) in [5.41, 5.74) is 4.18. The molecule has 3 aromatic carbocycles. The molecule has 1 N–H and O–H groups in total. The lowest BCUT2D eigenvalue weighted by atomic mass is 10.1. The first-order valence-electron chi connectivity index (χ1n) is 10.4. The molecule has 3 rings (SSSR count). The molecule has 0 aliphatic carbocycles. The molecule has 0 unspecified atom stereocenters. The molecule has 9 heteroatoms. The minimum Gasteiger partial charge on any atom is -0.493 e. The number of benzene rings is 3. The van der Waals surface area contributed by atoms with Crippen molar-refractivity contribution in [2.45, 2.75) is 6.42 Å². The molecule has 0 aliphatic rings. The lowest BCUT2D eigenvalue weighted by Crippen LogP contribution is -2.24. The van der Waals surface area contributed by atoms with E-state index in [1.807, 2.05) is 12.1 Å². The van der Waals surface area contributed by atoms with Gasteiger partial charge in [0.25, 0.3) is 5.91 Å². The molecule has 0 saturated carbocycles. The predicted molar refractivity (Wildman–Crippen MR) is 136 cm³/mol. The van der Waals surface area contributed by atoms with E-state index in [1.54, 1.807) is 42.5 Å². The van der Waals surface area contributed by atoms with E-state index in [9.17, 15) is 9.59 Å². The number of halogens is 2. The summed E-state index contributed by atoms with van der Waals surface area (Å²) in [4.78, 5) is 24.5. The number of carbonyl (C=O) groups excluding carboxylic acids is 2. The summed E-state index contributed by atoms with van der Waals surface area (Å²) in [7, 11) is 1.53. The van der Waals surface area contributed by atoms with E-state index in [4.69, 9.17) is 37.4 Å². The topological polar surface area (TPSA) is 86.2 Å². The Hall–Kier alpha value is -3.81. The van der Waals surface area contributed by atoms with E-state index in [0.29, 0.717) is 28.5 Å². The van der Waals surface area contributed by atoms with Gasteiger partial charge in [-0.25, -0.2) is 10.2 Å². The summed E-state index contributed by atoms with van der Waals surface area (Å²) >= 11 is 11.9. The zero-order chi connectivity index (χ0) is 25.2. The molecule has 180 valence electrons. The van der Waals surface area contributed by atoms with E-state index >= 15 is 0 Å². The van der Waals surface area contributed by atoms with E-state index in [-0.39, 0.29) is 22.9 Å².